The second kappa shape index (κ2) is 13.3. The third-order valence-corrected chi connectivity index (χ3v) is 10.3. The van der Waals surface area contributed by atoms with E-state index in [9.17, 15) is 15.0 Å². The molecule has 1 spiro atoms. The van der Waals surface area contributed by atoms with Crippen molar-refractivity contribution in [2.24, 2.45) is 17.8 Å². The predicted octanol–water partition coefficient (Wildman–Crippen LogP) is 5.50. The summed E-state index contributed by atoms with van der Waals surface area (Å²) >= 11 is 0. The van der Waals surface area contributed by atoms with Crippen molar-refractivity contribution in [3.8, 4) is 0 Å². The minimum absolute atomic E-state index is 0.0986. The molecule has 3 saturated heterocycles. The molecule has 5 rings (SSSR count). The molecule has 2 N–H and O–H groups in total. The van der Waals surface area contributed by atoms with Crippen molar-refractivity contribution in [1.82, 2.24) is 0 Å². The number of hydrogen-bond donors (Lipinski definition) is 2. The molecule has 0 aromatic heterocycles. The standard InChI is InChI=1S/C36H52O8/c1-8-10-23(4)31-25(6)30(37)19-35(44-31)18-28-17-27(43-35)14-13-22(3)15-21(2)11-9-12-26-20-41-33-32(40-7)24(5)16-29(34(38)42-28)36(26,33)39/h9-13,16,21,25,27-33,37,39H,8,14-15,17-20H2,1-7H3/b11-9+,22-13+,23-10+,26-12+/t21-,25-,27+,28-,29-,30-,31+,32+,33+,35-,36+/m0/s1. The average Bonchev–Trinajstić information content (AvgIpc) is 3.29. The maximum Gasteiger partial charge on any atom is 0.316 e. The summed E-state index contributed by atoms with van der Waals surface area (Å²) in [7, 11) is 1.59. The minimum atomic E-state index is -1.61. The number of allylic oxidation sites excluding steroid dienone is 5. The van der Waals surface area contributed by atoms with Crippen LogP contribution in [0.5, 0.6) is 0 Å². The van der Waals surface area contributed by atoms with E-state index < -0.39 is 47.7 Å². The number of aliphatic hydroxyl groups is 2. The number of methoxy groups -OCH3 is 1. The van der Waals surface area contributed by atoms with E-state index in [0.29, 0.717) is 31.3 Å². The zero-order valence-electron chi connectivity index (χ0n) is 27.5. The van der Waals surface area contributed by atoms with Gasteiger partial charge in [-0.25, -0.2) is 0 Å². The van der Waals surface area contributed by atoms with Crippen LogP contribution in [0, 0.1) is 17.8 Å². The van der Waals surface area contributed by atoms with E-state index in [4.69, 9.17) is 23.7 Å². The Morgan fingerprint density at radius 3 is 2.68 bits per heavy atom. The first-order valence-corrected chi connectivity index (χ1v) is 16.4. The van der Waals surface area contributed by atoms with Gasteiger partial charge in [0.15, 0.2) is 5.79 Å². The second-order valence-corrected chi connectivity index (χ2v) is 13.8. The van der Waals surface area contributed by atoms with Crippen LogP contribution in [0.3, 0.4) is 0 Å². The first-order valence-electron chi connectivity index (χ1n) is 16.4. The number of ether oxygens (including phenoxy) is 5. The summed E-state index contributed by atoms with van der Waals surface area (Å²) < 4.78 is 31.7. The number of fused-ring (bicyclic) bond motifs is 2. The van der Waals surface area contributed by atoms with Gasteiger partial charge in [-0.2, -0.15) is 0 Å². The molecule has 3 fully saturated rings. The highest BCUT2D eigenvalue weighted by Gasteiger charge is 2.60. The summed E-state index contributed by atoms with van der Waals surface area (Å²) in [6.45, 7) is 12.5. The highest BCUT2D eigenvalue weighted by atomic mass is 16.7. The molecular formula is C36H52O8. The van der Waals surface area contributed by atoms with Gasteiger partial charge in [-0.15, -0.1) is 0 Å². The van der Waals surface area contributed by atoms with E-state index in [0.717, 1.165) is 24.0 Å². The Labute approximate surface area is 262 Å². The zero-order valence-corrected chi connectivity index (χ0v) is 27.5. The Kier molecular flexibility index (Phi) is 10.1. The van der Waals surface area contributed by atoms with Gasteiger partial charge in [-0.05, 0) is 62.7 Å². The van der Waals surface area contributed by atoms with Crippen LogP contribution in [0.2, 0.25) is 0 Å². The molecule has 0 aromatic carbocycles. The highest BCUT2D eigenvalue weighted by molar-refractivity contribution is 5.78. The van der Waals surface area contributed by atoms with Crippen molar-refractivity contribution in [3.05, 3.63) is 58.7 Å². The predicted molar refractivity (Wildman–Crippen MR) is 168 cm³/mol. The smallest absolute Gasteiger partial charge is 0.316 e. The Morgan fingerprint density at radius 1 is 1.18 bits per heavy atom. The Bertz CT molecular complexity index is 1230. The maximum atomic E-state index is 14.1. The van der Waals surface area contributed by atoms with E-state index in [-0.39, 0.29) is 30.7 Å². The molecule has 0 unspecified atom stereocenters. The SMILES string of the molecule is CC/C=C(\C)[C@H]1O[C@@]2(C[C@@H]3C[C@@H](C/C=C(\C)C[C@@H](C)/C=C/C=C4\CO[C@@H]5[C@H](OC)C(C)=C[C@@H](C(=O)O3)[C@]45O)O2)C[C@H](O)[C@@H]1C. The van der Waals surface area contributed by atoms with Crippen LogP contribution in [-0.4, -0.2) is 77.9 Å². The molecule has 1 aliphatic carbocycles. The highest BCUT2D eigenvalue weighted by Crippen LogP contribution is 2.48. The van der Waals surface area contributed by atoms with Crippen molar-refractivity contribution in [3.63, 3.8) is 0 Å². The zero-order chi connectivity index (χ0) is 31.8. The van der Waals surface area contributed by atoms with Crippen LogP contribution < -0.4 is 0 Å². The number of carbonyl (C=O) groups is 1. The summed E-state index contributed by atoms with van der Waals surface area (Å²) in [5.74, 6) is -2.41. The molecule has 4 aliphatic heterocycles. The van der Waals surface area contributed by atoms with Gasteiger partial charge in [0.2, 0.25) is 0 Å². The number of carbonyl (C=O) groups excluding carboxylic acids is 1. The summed E-state index contributed by atoms with van der Waals surface area (Å²) in [6.07, 6.45) is 12.6. The first-order chi connectivity index (χ1) is 20.9. The monoisotopic (exact) mass is 612 g/mol. The fourth-order valence-electron chi connectivity index (χ4n) is 7.96. The van der Waals surface area contributed by atoms with E-state index in [1.54, 1.807) is 13.2 Å². The van der Waals surface area contributed by atoms with E-state index in [1.807, 2.05) is 32.9 Å². The van der Waals surface area contributed by atoms with Gasteiger partial charge >= 0.3 is 5.97 Å². The van der Waals surface area contributed by atoms with Crippen molar-refractivity contribution in [1.29, 1.82) is 0 Å². The Hall–Kier alpha value is -2.07. The average molecular weight is 613 g/mol. The van der Waals surface area contributed by atoms with Crippen LogP contribution in [0.15, 0.2) is 58.7 Å². The molecule has 0 amide bonds. The molecule has 4 heterocycles. The number of rotatable bonds is 3. The topological polar surface area (TPSA) is 104 Å². The van der Waals surface area contributed by atoms with Crippen LogP contribution in [0.1, 0.15) is 80.1 Å². The van der Waals surface area contributed by atoms with Crippen molar-refractivity contribution >= 4 is 5.97 Å². The van der Waals surface area contributed by atoms with E-state index >= 15 is 0 Å². The van der Waals surface area contributed by atoms with Crippen LogP contribution in [0.4, 0.5) is 0 Å². The fourth-order valence-corrected chi connectivity index (χ4v) is 7.96. The second-order valence-electron chi connectivity index (χ2n) is 13.8. The number of esters is 1. The van der Waals surface area contributed by atoms with Gasteiger partial charge < -0.3 is 33.9 Å². The Morgan fingerprint density at radius 2 is 1.95 bits per heavy atom. The summed E-state index contributed by atoms with van der Waals surface area (Å²) in [4.78, 5) is 14.1. The molecule has 2 bridgehead atoms. The van der Waals surface area contributed by atoms with Crippen LogP contribution in [0.25, 0.3) is 0 Å². The van der Waals surface area contributed by atoms with E-state index in [1.165, 1.54) is 5.57 Å². The molecule has 11 atom stereocenters. The molecule has 0 aromatic rings. The summed E-state index contributed by atoms with van der Waals surface area (Å²) in [5, 5.41) is 23.6. The quantitative estimate of drug-likeness (QED) is 0.318. The molecule has 244 valence electrons. The summed E-state index contributed by atoms with van der Waals surface area (Å²) in [6, 6.07) is 0. The largest absolute Gasteiger partial charge is 0.462 e. The van der Waals surface area contributed by atoms with Gasteiger partial charge in [0.1, 0.15) is 29.8 Å². The van der Waals surface area contributed by atoms with Crippen molar-refractivity contribution in [2.45, 2.75) is 128 Å². The lowest BCUT2D eigenvalue weighted by Gasteiger charge is -2.51. The molecule has 0 radical (unpaired) electrons. The van der Waals surface area contributed by atoms with Crippen LogP contribution >= 0.6 is 0 Å². The molecule has 44 heavy (non-hydrogen) atoms. The third kappa shape index (κ3) is 6.44. The lowest BCUT2D eigenvalue weighted by Crippen LogP contribution is -2.59. The molecule has 5 aliphatic rings. The lowest BCUT2D eigenvalue weighted by molar-refractivity contribution is -0.342. The third-order valence-electron chi connectivity index (χ3n) is 10.3. The normalized spacial score (nSPS) is 46.7. The minimum Gasteiger partial charge on any atom is -0.462 e. The van der Waals surface area contributed by atoms with Crippen molar-refractivity contribution < 1.29 is 38.7 Å². The molecule has 0 saturated carbocycles. The molecular weight excluding hydrogens is 560 g/mol. The number of hydrogen-bond acceptors (Lipinski definition) is 8. The van der Waals surface area contributed by atoms with Gasteiger partial charge in [0, 0.05) is 32.3 Å². The van der Waals surface area contributed by atoms with Gasteiger partial charge in [-0.3, -0.25) is 4.79 Å². The fraction of sp³-hybridized carbons (Fsp3) is 0.694. The van der Waals surface area contributed by atoms with E-state index in [2.05, 4.69) is 39.0 Å². The maximum absolute atomic E-state index is 14.1. The lowest BCUT2D eigenvalue weighted by atomic mass is 9.70. The number of aliphatic hydroxyl groups excluding tert-OH is 1. The molecule has 8 heteroatoms. The van der Waals surface area contributed by atoms with Gasteiger partial charge in [0.05, 0.1) is 24.9 Å². The van der Waals surface area contributed by atoms with Crippen LogP contribution in [-0.2, 0) is 28.5 Å². The first kappa shape index (κ1) is 33.3. The summed E-state index contributed by atoms with van der Waals surface area (Å²) in [5.41, 5.74) is 2.15. The van der Waals surface area contributed by atoms with Gasteiger partial charge in [0.25, 0.3) is 0 Å². The van der Waals surface area contributed by atoms with Crippen molar-refractivity contribution in [2.75, 3.05) is 13.7 Å². The van der Waals surface area contributed by atoms with Gasteiger partial charge in [-0.1, -0.05) is 62.8 Å². The Balaban J connectivity index is 1.53. The molecule has 8 nitrogen and oxygen atoms in total.